The Morgan fingerprint density at radius 2 is 1.55 bits per heavy atom. The SMILES string of the molecule is CS(=O)(=O)c1ccc(-c2ccc(O)c3ccccc23)c(F)c1. The first-order valence-electron chi connectivity index (χ1n) is 6.58. The van der Waals surface area contributed by atoms with E-state index in [0.717, 1.165) is 12.3 Å². The summed E-state index contributed by atoms with van der Waals surface area (Å²) in [5.41, 5.74) is 0.898. The van der Waals surface area contributed by atoms with E-state index in [4.69, 9.17) is 0 Å². The minimum Gasteiger partial charge on any atom is -0.507 e. The molecule has 3 rings (SSSR count). The van der Waals surface area contributed by atoms with Crippen molar-refractivity contribution < 1.29 is 17.9 Å². The molecule has 0 spiro atoms. The molecule has 0 heterocycles. The van der Waals surface area contributed by atoms with E-state index in [1.807, 2.05) is 0 Å². The van der Waals surface area contributed by atoms with Crippen molar-refractivity contribution in [3.63, 3.8) is 0 Å². The van der Waals surface area contributed by atoms with Gasteiger partial charge in [-0.3, -0.25) is 0 Å². The van der Waals surface area contributed by atoms with Gasteiger partial charge in [-0.05, 0) is 35.2 Å². The molecule has 0 aromatic heterocycles. The molecule has 3 nitrogen and oxygen atoms in total. The molecule has 0 atom stereocenters. The van der Waals surface area contributed by atoms with E-state index >= 15 is 0 Å². The van der Waals surface area contributed by atoms with Crippen LogP contribution in [-0.2, 0) is 9.84 Å². The predicted molar refractivity (Wildman–Crippen MR) is 84.1 cm³/mol. The smallest absolute Gasteiger partial charge is 0.175 e. The normalized spacial score (nSPS) is 11.7. The van der Waals surface area contributed by atoms with Crippen molar-refractivity contribution in [3.05, 3.63) is 60.4 Å². The van der Waals surface area contributed by atoms with Gasteiger partial charge in [0.05, 0.1) is 4.90 Å². The highest BCUT2D eigenvalue weighted by Crippen LogP contribution is 2.35. The molecule has 0 bridgehead atoms. The van der Waals surface area contributed by atoms with E-state index in [1.54, 1.807) is 30.3 Å². The lowest BCUT2D eigenvalue weighted by Gasteiger charge is -2.10. The third-order valence-electron chi connectivity index (χ3n) is 3.56. The molecule has 0 aliphatic carbocycles. The predicted octanol–water partition coefficient (Wildman–Crippen LogP) is 3.76. The van der Waals surface area contributed by atoms with Crippen LogP contribution in [0.4, 0.5) is 4.39 Å². The lowest BCUT2D eigenvalue weighted by molar-refractivity contribution is 0.481. The summed E-state index contributed by atoms with van der Waals surface area (Å²) < 4.78 is 37.3. The fourth-order valence-corrected chi connectivity index (χ4v) is 3.10. The summed E-state index contributed by atoms with van der Waals surface area (Å²) in [6.45, 7) is 0. The highest BCUT2D eigenvalue weighted by atomic mass is 32.2. The summed E-state index contributed by atoms with van der Waals surface area (Å²) in [6, 6.07) is 14.1. The minimum atomic E-state index is -3.45. The fourth-order valence-electron chi connectivity index (χ4n) is 2.46. The second kappa shape index (κ2) is 5.10. The topological polar surface area (TPSA) is 54.4 Å². The van der Waals surface area contributed by atoms with Crippen molar-refractivity contribution in [2.45, 2.75) is 4.90 Å². The van der Waals surface area contributed by atoms with Gasteiger partial charge in [-0.25, -0.2) is 12.8 Å². The molecule has 0 saturated heterocycles. The van der Waals surface area contributed by atoms with Crippen LogP contribution in [0.1, 0.15) is 0 Å². The average molecular weight is 316 g/mol. The first kappa shape index (κ1) is 14.5. The van der Waals surface area contributed by atoms with Crippen LogP contribution in [0.5, 0.6) is 5.75 Å². The van der Waals surface area contributed by atoms with Gasteiger partial charge in [0.15, 0.2) is 9.84 Å². The number of rotatable bonds is 2. The number of benzene rings is 3. The van der Waals surface area contributed by atoms with Crippen LogP contribution in [0.3, 0.4) is 0 Å². The van der Waals surface area contributed by atoms with E-state index in [2.05, 4.69) is 0 Å². The Balaban J connectivity index is 2.27. The zero-order chi connectivity index (χ0) is 15.9. The summed E-state index contributed by atoms with van der Waals surface area (Å²) in [6.07, 6.45) is 1.04. The molecule has 0 aliphatic rings. The maximum Gasteiger partial charge on any atom is 0.175 e. The Labute approximate surface area is 127 Å². The molecule has 0 aliphatic heterocycles. The number of hydrogen-bond acceptors (Lipinski definition) is 3. The number of phenols is 1. The first-order valence-corrected chi connectivity index (χ1v) is 8.48. The van der Waals surface area contributed by atoms with Gasteiger partial charge in [0.1, 0.15) is 11.6 Å². The third kappa shape index (κ3) is 2.44. The Bertz CT molecular complexity index is 978. The van der Waals surface area contributed by atoms with Gasteiger partial charge in [-0.1, -0.05) is 30.3 Å². The molecule has 1 N–H and O–H groups in total. The summed E-state index contributed by atoms with van der Waals surface area (Å²) in [5, 5.41) is 11.2. The van der Waals surface area contributed by atoms with Gasteiger partial charge >= 0.3 is 0 Å². The number of aromatic hydroxyl groups is 1. The molecule has 112 valence electrons. The van der Waals surface area contributed by atoms with Gasteiger partial charge in [-0.2, -0.15) is 0 Å². The van der Waals surface area contributed by atoms with Crippen molar-refractivity contribution in [1.82, 2.24) is 0 Å². The van der Waals surface area contributed by atoms with E-state index in [-0.39, 0.29) is 10.6 Å². The molecule has 3 aromatic rings. The number of hydrogen-bond donors (Lipinski definition) is 1. The highest BCUT2D eigenvalue weighted by molar-refractivity contribution is 7.90. The number of sulfone groups is 1. The van der Waals surface area contributed by atoms with E-state index in [9.17, 15) is 17.9 Å². The fraction of sp³-hybridized carbons (Fsp3) is 0.0588. The van der Waals surface area contributed by atoms with Gasteiger partial charge in [0, 0.05) is 17.2 Å². The van der Waals surface area contributed by atoms with Crippen LogP contribution in [0.25, 0.3) is 21.9 Å². The molecule has 0 fully saturated rings. The van der Waals surface area contributed by atoms with Crippen molar-refractivity contribution in [2.24, 2.45) is 0 Å². The standard InChI is InChI=1S/C17H13FO3S/c1-22(20,21)11-6-7-14(16(18)10-11)13-8-9-17(19)15-5-3-2-4-12(13)15/h2-10,19H,1H3. The minimum absolute atomic E-state index is 0.0585. The summed E-state index contributed by atoms with van der Waals surface area (Å²) in [7, 11) is -3.45. The maximum atomic E-state index is 14.4. The Morgan fingerprint density at radius 1 is 0.909 bits per heavy atom. The largest absolute Gasteiger partial charge is 0.507 e. The number of fused-ring (bicyclic) bond motifs is 1. The van der Waals surface area contributed by atoms with Crippen molar-refractivity contribution in [2.75, 3.05) is 6.26 Å². The van der Waals surface area contributed by atoms with Gasteiger partial charge in [0.25, 0.3) is 0 Å². The number of halogens is 1. The van der Waals surface area contributed by atoms with E-state index < -0.39 is 15.7 Å². The van der Waals surface area contributed by atoms with Gasteiger partial charge in [-0.15, -0.1) is 0 Å². The second-order valence-electron chi connectivity index (χ2n) is 5.09. The van der Waals surface area contributed by atoms with E-state index in [1.165, 1.54) is 18.2 Å². The average Bonchev–Trinajstić information content (AvgIpc) is 2.47. The van der Waals surface area contributed by atoms with Crippen molar-refractivity contribution >= 4 is 20.6 Å². The van der Waals surface area contributed by atoms with Gasteiger partial charge < -0.3 is 5.11 Å². The van der Waals surface area contributed by atoms with Gasteiger partial charge in [0.2, 0.25) is 0 Å². The van der Waals surface area contributed by atoms with Crippen LogP contribution in [0.2, 0.25) is 0 Å². The second-order valence-corrected chi connectivity index (χ2v) is 7.11. The summed E-state index contributed by atoms with van der Waals surface area (Å²) in [4.78, 5) is -0.0585. The van der Waals surface area contributed by atoms with Crippen LogP contribution < -0.4 is 0 Å². The van der Waals surface area contributed by atoms with Crippen molar-refractivity contribution in [1.29, 1.82) is 0 Å². The molecular weight excluding hydrogens is 303 g/mol. The zero-order valence-corrected chi connectivity index (χ0v) is 12.6. The Kier molecular flexibility index (Phi) is 3.37. The number of phenolic OH excluding ortho intramolecular Hbond substituents is 1. The molecule has 3 aromatic carbocycles. The Morgan fingerprint density at radius 3 is 2.18 bits per heavy atom. The van der Waals surface area contributed by atoms with Crippen molar-refractivity contribution in [3.8, 4) is 16.9 Å². The quantitative estimate of drug-likeness (QED) is 0.783. The molecular formula is C17H13FO3S. The first-order chi connectivity index (χ1) is 10.4. The summed E-state index contributed by atoms with van der Waals surface area (Å²) in [5.74, 6) is -0.494. The van der Waals surface area contributed by atoms with E-state index in [0.29, 0.717) is 21.9 Å². The molecule has 0 saturated carbocycles. The Hall–Kier alpha value is -2.40. The zero-order valence-electron chi connectivity index (χ0n) is 11.7. The molecule has 0 radical (unpaired) electrons. The monoisotopic (exact) mass is 316 g/mol. The molecule has 5 heteroatoms. The molecule has 22 heavy (non-hydrogen) atoms. The molecule has 0 unspecified atom stereocenters. The van der Waals surface area contributed by atoms with Crippen LogP contribution >= 0.6 is 0 Å². The lowest BCUT2D eigenvalue weighted by Crippen LogP contribution is -1.98. The maximum absolute atomic E-state index is 14.4. The lowest BCUT2D eigenvalue weighted by atomic mass is 9.97. The van der Waals surface area contributed by atoms with Crippen LogP contribution in [-0.4, -0.2) is 19.8 Å². The summed E-state index contributed by atoms with van der Waals surface area (Å²) >= 11 is 0. The third-order valence-corrected chi connectivity index (χ3v) is 4.67. The van der Waals surface area contributed by atoms with Crippen LogP contribution in [0, 0.1) is 5.82 Å². The molecule has 0 amide bonds. The highest BCUT2D eigenvalue weighted by Gasteiger charge is 2.14. The van der Waals surface area contributed by atoms with Crippen LogP contribution in [0.15, 0.2) is 59.5 Å².